The molecular weight excluding hydrogens is 414 g/mol. The minimum atomic E-state index is -4.89. The van der Waals surface area contributed by atoms with Crippen LogP contribution in [-0.2, 0) is 10.3 Å². The van der Waals surface area contributed by atoms with Gasteiger partial charge in [0.2, 0.25) is 0 Å². The minimum absolute atomic E-state index is 0.0349. The van der Waals surface area contributed by atoms with Gasteiger partial charge in [-0.25, -0.2) is 14.4 Å². The standard InChI is InChI=1S/C22H21F4N3O2/c1-4-30-21(14(2)3,16-11-27-13-28-12-16)20-8-5-15(10-29-20)18-7-6-17(9-19(18)23)31-22(24,25)26/h5-14H,4H2,1-3H3. The van der Waals surface area contributed by atoms with Gasteiger partial charge in [-0.1, -0.05) is 19.9 Å². The van der Waals surface area contributed by atoms with Gasteiger partial charge >= 0.3 is 6.36 Å². The second-order valence-corrected chi connectivity index (χ2v) is 7.07. The van der Waals surface area contributed by atoms with E-state index in [-0.39, 0.29) is 11.5 Å². The second kappa shape index (κ2) is 8.97. The van der Waals surface area contributed by atoms with Crippen molar-refractivity contribution in [3.63, 3.8) is 0 Å². The molecule has 0 bridgehead atoms. The SMILES string of the molecule is CCOC(c1cncnc1)(c1ccc(-c2ccc(OC(F)(F)F)cc2F)cn1)C(C)C. The number of aromatic nitrogens is 3. The second-order valence-electron chi connectivity index (χ2n) is 7.07. The zero-order valence-electron chi connectivity index (χ0n) is 17.2. The van der Waals surface area contributed by atoms with Crippen LogP contribution in [0.2, 0.25) is 0 Å². The molecule has 164 valence electrons. The van der Waals surface area contributed by atoms with Crippen molar-refractivity contribution < 1.29 is 27.0 Å². The van der Waals surface area contributed by atoms with Gasteiger partial charge in [0.15, 0.2) is 0 Å². The molecule has 0 N–H and O–H groups in total. The largest absolute Gasteiger partial charge is 0.573 e. The molecule has 0 saturated heterocycles. The van der Waals surface area contributed by atoms with Crippen molar-refractivity contribution in [1.29, 1.82) is 0 Å². The molecule has 0 saturated carbocycles. The van der Waals surface area contributed by atoms with Gasteiger partial charge in [-0.05, 0) is 31.0 Å². The summed E-state index contributed by atoms with van der Waals surface area (Å²) in [5, 5.41) is 0. The zero-order chi connectivity index (χ0) is 22.6. The third-order valence-electron chi connectivity index (χ3n) is 4.80. The summed E-state index contributed by atoms with van der Waals surface area (Å²) in [7, 11) is 0. The van der Waals surface area contributed by atoms with Crippen LogP contribution in [0.15, 0.2) is 55.2 Å². The smallest absolute Gasteiger partial charge is 0.406 e. The molecule has 2 heterocycles. The number of halogens is 4. The third kappa shape index (κ3) is 4.82. The summed E-state index contributed by atoms with van der Waals surface area (Å²) in [5.74, 6) is -1.52. The Morgan fingerprint density at radius 3 is 2.23 bits per heavy atom. The molecule has 0 aliphatic rings. The van der Waals surface area contributed by atoms with Gasteiger partial charge in [0.25, 0.3) is 0 Å². The number of alkyl halides is 3. The van der Waals surface area contributed by atoms with Crippen molar-refractivity contribution in [1.82, 2.24) is 15.0 Å². The predicted octanol–water partition coefficient (Wildman–Crippen LogP) is 5.51. The average Bonchev–Trinajstić information content (AvgIpc) is 2.72. The monoisotopic (exact) mass is 435 g/mol. The molecule has 3 rings (SSSR count). The van der Waals surface area contributed by atoms with Crippen LogP contribution in [0.3, 0.4) is 0 Å². The van der Waals surface area contributed by atoms with E-state index in [1.807, 2.05) is 20.8 Å². The van der Waals surface area contributed by atoms with Crippen LogP contribution in [0.25, 0.3) is 11.1 Å². The lowest BCUT2D eigenvalue weighted by Crippen LogP contribution is -2.38. The lowest BCUT2D eigenvalue weighted by molar-refractivity contribution is -0.274. The van der Waals surface area contributed by atoms with Crippen molar-refractivity contribution in [3.05, 3.63) is 72.3 Å². The van der Waals surface area contributed by atoms with E-state index in [0.29, 0.717) is 23.9 Å². The van der Waals surface area contributed by atoms with Crippen LogP contribution in [-0.4, -0.2) is 27.9 Å². The molecule has 0 amide bonds. The van der Waals surface area contributed by atoms with Crippen molar-refractivity contribution in [2.75, 3.05) is 6.61 Å². The molecule has 0 radical (unpaired) electrons. The van der Waals surface area contributed by atoms with Crippen molar-refractivity contribution >= 4 is 0 Å². The van der Waals surface area contributed by atoms with Crippen LogP contribution in [0, 0.1) is 11.7 Å². The minimum Gasteiger partial charge on any atom is -0.406 e. The summed E-state index contributed by atoms with van der Waals surface area (Å²) in [6, 6.07) is 6.31. The van der Waals surface area contributed by atoms with E-state index in [1.165, 1.54) is 18.6 Å². The highest BCUT2D eigenvalue weighted by atomic mass is 19.4. The number of nitrogens with zero attached hydrogens (tertiary/aromatic N) is 3. The fraction of sp³-hybridized carbons (Fsp3) is 0.318. The molecule has 1 unspecified atom stereocenters. The molecule has 2 aromatic heterocycles. The van der Waals surface area contributed by atoms with E-state index in [1.54, 1.807) is 24.5 Å². The van der Waals surface area contributed by atoms with Crippen LogP contribution in [0.5, 0.6) is 5.75 Å². The van der Waals surface area contributed by atoms with Crippen LogP contribution in [0.4, 0.5) is 17.6 Å². The fourth-order valence-electron chi connectivity index (χ4n) is 3.52. The number of benzene rings is 1. The van der Waals surface area contributed by atoms with Crippen molar-refractivity contribution in [3.8, 4) is 16.9 Å². The first-order chi connectivity index (χ1) is 14.7. The summed E-state index contributed by atoms with van der Waals surface area (Å²) < 4.78 is 61.4. The normalized spacial score (nSPS) is 13.8. The van der Waals surface area contributed by atoms with Gasteiger partial charge < -0.3 is 9.47 Å². The highest BCUT2D eigenvalue weighted by Crippen LogP contribution is 2.39. The summed E-state index contributed by atoms with van der Waals surface area (Å²) in [4.78, 5) is 12.7. The Bertz CT molecular complexity index is 1010. The van der Waals surface area contributed by atoms with Gasteiger partial charge in [0.05, 0.1) is 5.69 Å². The molecule has 31 heavy (non-hydrogen) atoms. The highest BCUT2D eigenvalue weighted by Gasteiger charge is 2.40. The molecule has 1 aromatic carbocycles. The van der Waals surface area contributed by atoms with E-state index in [0.717, 1.165) is 11.6 Å². The van der Waals surface area contributed by atoms with Gasteiger partial charge in [-0.15, -0.1) is 13.2 Å². The Kier molecular flexibility index (Phi) is 6.54. The number of pyridine rings is 1. The molecule has 0 spiro atoms. The maximum Gasteiger partial charge on any atom is 0.573 e. The Morgan fingerprint density at radius 2 is 1.71 bits per heavy atom. The van der Waals surface area contributed by atoms with E-state index < -0.39 is 23.5 Å². The van der Waals surface area contributed by atoms with Crippen molar-refractivity contribution in [2.24, 2.45) is 5.92 Å². The first-order valence-electron chi connectivity index (χ1n) is 9.59. The third-order valence-corrected chi connectivity index (χ3v) is 4.80. The molecule has 3 aromatic rings. The van der Waals surface area contributed by atoms with Crippen molar-refractivity contribution in [2.45, 2.75) is 32.7 Å². The molecule has 9 heteroatoms. The van der Waals surface area contributed by atoms with E-state index >= 15 is 0 Å². The number of ether oxygens (including phenoxy) is 2. The van der Waals surface area contributed by atoms with Gasteiger partial charge in [0.1, 0.15) is 23.5 Å². The molecular formula is C22H21F4N3O2. The molecule has 0 fully saturated rings. The van der Waals surface area contributed by atoms with Gasteiger partial charge in [-0.2, -0.15) is 0 Å². The van der Waals surface area contributed by atoms with E-state index in [4.69, 9.17) is 4.74 Å². The lowest BCUT2D eigenvalue weighted by atomic mass is 9.81. The van der Waals surface area contributed by atoms with Crippen LogP contribution < -0.4 is 4.74 Å². The first kappa shape index (κ1) is 22.6. The quantitative estimate of drug-likeness (QED) is 0.458. The average molecular weight is 435 g/mol. The lowest BCUT2D eigenvalue weighted by Gasteiger charge is -2.37. The maximum atomic E-state index is 14.4. The molecule has 5 nitrogen and oxygen atoms in total. The topological polar surface area (TPSA) is 57.1 Å². The fourth-order valence-corrected chi connectivity index (χ4v) is 3.52. The Labute approximate surface area is 177 Å². The highest BCUT2D eigenvalue weighted by molar-refractivity contribution is 5.64. The Hall–Kier alpha value is -3.07. The maximum absolute atomic E-state index is 14.4. The molecule has 0 aliphatic carbocycles. The Balaban J connectivity index is 1.99. The van der Waals surface area contributed by atoms with Gasteiger partial charge in [0, 0.05) is 48.0 Å². The summed E-state index contributed by atoms with van der Waals surface area (Å²) in [6.45, 7) is 6.25. The van der Waals surface area contributed by atoms with Gasteiger partial charge in [-0.3, -0.25) is 4.98 Å². The summed E-state index contributed by atoms with van der Waals surface area (Å²) in [5.41, 5.74) is 0.894. The Morgan fingerprint density at radius 1 is 1.00 bits per heavy atom. The number of rotatable bonds is 7. The first-order valence-corrected chi connectivity index (χ1v) is 9.59. The van der Waals surface area contributed by atoms with Crippen LogP contribution >= 0.6 is 0 Å². The summed E-state index contributed by atoms with van der Waals surface area (Å²) >= 11 is 0. The molecule has 0 aliphatic heterocycles. The van der Waals surface area contributed by atoms with E-state index in [2.05, 4.69) is 19.7 Å². The van der Waals surface area contributed by atoms with Crippen LogP contribution in [0.1, 0.15) is 32.0 Å². The predicted molar refractivity (Wildman–Crippen MR) is 106 cm³/mol. The number of hydrogen-bond donors (Lipinski definition) is 0. The van der Waals surface area contributed by atoms with E-state index in [9.17, 15) is 17.6 Å². The molecule has 1 atom stereocenters. The zero-order valence-corrected chi connectivity index (χ0v) is 17.2. The number of hydrogen-bond acceptors (Lipinski definition) is 5. The summed E-state index contributed by atoms with van der Waals surface area (Å²) in [6.07, 6.45) is 1.32.